The molecule has 21 heavy (non-hydrogen) atoms. The molecular formula is C14H19BrF3NO2. The molecule has 1 atom stereocenters. The molecule has 7 heteroatoms. The van der Waals surface area contributed by atoms with E-state index in [0.717, 1.165) is 4.47 Å². The van der Waals surface area contributed by atoms with Crippen molar-refractivity contribution in [2.75, 3.05) is 19.7 Å². The fourth-order valence-electron chi connectivity index (χ4n) is 1.63. The monoisotopic (exact) mass is 369 g/mol. The zero-order chi connectivity index (χ0) is 15.7. The Morgan fingerprint density at radius 3 is 2.48 bits per heavy atom. The number of aliphatic hydroxyl groups excluding tert-OH is 1. The maximum atomic E-state index is 11.9. The minimum absolute atomic E-state index is 0.0992. The number of alkyl halides is 3. The lowest BCUT2D eigenvalue weighted by atomic mass is 10.2. The highest BCUT2D eigenvalue weighted by molar-refractivity contribution is 9.10. The first-order chi connectivity index (χ1) is 9.87. The second-order valence-electron chi connectivity index (χ2n) is 4.70. The zero-order valence-electron chi connectivity index (χ0n) is 11.5. The van der Waals surface area contributed by atoms with E-state index in [1.807, 2.05) is 12.1 Å². The number of benzene rings is 1. The molecule has 1 rings (SSSR count). The number of rotatable bonds is 9. The first-order valence-corrected chi connectivity index (χ1v) is 7.50. The maximum absolute atomic E-state index is 11.9. The number of ether oxygens (including phenoxy) is 1. The molecular weight excluding hydrogens is 351 g/mol. The molecule has 0 radical (unpaired) electrons. The Morgan fingerprint density at radius 1 is 1.19 bits per heavy atom. The predicted molar refractivity (Wildman–Crippen MR) is 78.4 cm³/mol. The fourth-order valence-corrected chi connectivity index (χ4v) is 1.89. The van der Waals surface area contributed by atoms with Crippen LogP contribution in [0.5, 0.6) is 5.75 Å². The first kappa shape index (κ1) is 18.3. The molecule has 0 bridgehead atoms. The van der Waals surface area contributed by atoms with Gasteiger partial charge in [-0.1, -0.05) is 15.9 Å². The van der Waals surface area contributed by atoms with Gasteiger partial charge in [0.05, 0.1) is 0 Å². The van der Waals surface area contributed by atoms with Gasteiger partial charge in [-0.15, -0.1) is 0 Å². The molecule has 1 aromatic carbocycles. The molecule has 0 fully saturated rings. The Bertz CT molecular complexity index is 398. The highest BCUT2D eigenvalue weighted by Crippen LogP contribution is 2.21. The summed E-state index contributed by atoms with van der Waals surface area (Å²) in [5.41, 5.74) is 0. The van der Waals surface area contributed by atoms with Crippen LogP contribution in [0.1, 0.15) is 19.3 Å². The van der Waals surface area contributed by atoms with Gasteiger partial charge in [0, 0.05) is 17.4 Å². The molecule has 0 heterocycles. The van der Waals surface area contributed by atoms with Crippen LogP contribution in [-0.4, -0.2) is 37.1 Å². The predicted octanol–water partition coefficient (Wildman–Crippen LogP) is 3.51. The van der Waals surface area contributed by atoms with Crippen molar-refractivity contribution in [3.63, 3.8) is 0 Å². The Balaban J connectivity index is 2.03. The standard InChI is InChI=1S/C14H19BrF3NO2/c15-11-3-5-13(6-4-11)21-10-12(20)9-19-8-2-1-7-14(16,17)18/h3-6,12,19-20H,1-2,7-10H2. The van der Waals surface area contributed by atoms with Gasteiger partial charge in [-0.05, 0) is 43.7 Å². The molecule has 0 saturated heterocycles. The quantitative estimate of drug-likeness (QED) is 0.654. The van der Waals surface area contributed by atoms with Crippen molar-refractivity contribution in [3.05, 3.63) is 28.7 Å². The number of hydrogen-bond acceptors (Lipinski definition) is 3. The van der Waals surface area contributed by atoms with Crippen LogP contribution in [0, 0.1) is 0 Å². The van der Waals surface area contributed by atoms with Gasteiger partial charge in [0.2, 0.25) is 0 Å². The Hall–Kier alpha value is -0.790. The van der Waals surface area contributed by atoms with Crippen molar-refractivity contribution >= 4 is 15.9 Å². The molecule has 0 aliphatic carbocycles. The topological polar surface area (TPSA) is 41.5 Å². The van der Waals surface area contributed by atoms with E-state index in [9.17, 15) is 18.3 Å². The van der Waals surface area contributed by atoms with E-state index in [1.54, 1.807) is 12.1 Å². The Morgan fingerprint density at radius 2 is 1.86 bits per heavy atom. The van der Waals surface area contributed by atoms with Crippen LogP contribution in [-0.2, 0) is 0 Å². The third-order valence-corrected chi connectivity index (χ3v) is 3.23. The summed E-state index contributed by atoms with van der Waals surface area (Å²) in [7, 11) is 0. The second-order valence-corrected chi connectivity index (χ2v) is 5.61. The number of halogens is 4. The Labute approximate surface area is 130 Å². The summed E-state index contributed by atoms with van der Waals surface area (Å²) < 4.78 is 42.0. The molecule has 0 aliphatic rings. The van der Waals surface area contributed by atoms with Crippen LogP contribution in [0.15, 0.2) is 28.7 Å². The summed E-state index contributed by atoms with van der Waals surface area (Å²) in [5.74, 6) is 0.655. The van der Waals surface area contributed by atoms with Gasteiger partial charge in [0.15, 0.2) is 0 Å². The summed E-state index contributed by atoms with van der Waals surface area (Å²) in [5, 5.41) is 12.6. The SMILES string of the molecule is OC(CNCCCCC(F)(F)F)COc1ccc(Br)cc1. The van der Waals surface area contributed by atoms with Crippen molar-refractivity contribution in [2.24, 2.45) is 0 Å². The van der Waals surface area contributed by atoms with E-state index in [4.69, 9.17) is 4.74 Å². The van der Waals surface area contributed by atoms with Crippen LogP contribution in [0.4, 0.5) is 13.2 Å². The van der Waals surface area contributed by atoms with Crippen LogP contribution in [0.25, 0.3) is 0 Å². The molecule has 1 aromatic rings. The van der Waals surface area contributed by atoms with Crippen molar-refractivity contribution < 1.29 is 23.0 Å². The number of unbranched alkanes of at least 4 members (excludes halogenated alkanes) is 1. The molecule has 0 aromatic heterocycles. The number of aliphatic hydroxyl groups is 1. The summed E-state index contributed by atoms with van der Waals surface area (Å²) >= 11 is 3.31. The van der Waals surface area contributed by atoms with E-state index >= 15 is 0 Å². The molecule has 3 nitrogen and oxygen atoms in total. The average molecular weight is 370 g/mol. The first-order valence-electron chi connectivity index (χ1n) is 6.71. The lowest BCUT2D eigenvalue weighted by Gasteiger charge is -2.13. The van der Waals surface area contributed by atoms with Gasteiger partial charge in [0.1, 0.15) is 18.5 Å². The van der Waals surface area contributed by atoms with Gasteiger partial charge < -0.3 is 15.2 Å². The molecule has 2 N–H and O–H groups in total. The molecule has 120 valence electrons. The molecule has 1 unspecified atom stereocenters. The summed E-state index contributed by atoms with van der Waals surface area (Å²) in [6, 6.07) is 7.23. The van der Waals surface area contributed by atoms with Crippen molar-refractivity contribution in [2.45, 2.75) is 31.5 Å². The lowest BCUT2D eigenvalue weighted by Crippen LogP contribution is -2.32. The van der Waals surface area contributed by atoms with Crippen LogP contribution in [0.2, 0.25) is 0 Å². The van der Waals surface area contributed by atoms with E-state index < -0.39 is 18.7 Å². The largest absolute Gasteiger partial charge is 0.491 e. The van der Waals surface area contributed by atoms with E-state index in [2.05, 4.69) is 21.2 Å². The normalized spacial score (nSPS) is 13.2. The van der Waals surface area contributed by atoms with Crippen LogP contribution < -0.4 is 10.1 Å². The van der Waals surface area contributed by atoms with Crippen molar-refractivity contribution in [1.82, 2.24) is 5.32 Å². The smallest absolute Gasteiger partial charge is 0.389 e. The molecule has 0 spiro atoms. The third kappa shape index (κ3) is 9.71. The van der Waals surface area contributed by atoms with E-state index in [-0.39, 0.29) is 13.0 Å². The van der Waals surface area contributed by atoms with E-state index in [0.29, 0.717) is 25.3 Å². The van der Waals surface area contributed by atoms with Gasteiger partial charge in [-0.3, -0.25) is 0 Å². The van der Waals surface area contributed by atoms with Gasteiger partial charge in [-0.25, -0.2) is 0 Å². The van der Waals surface area contributed by atoms with Crippen LogP contribution in [0.3, 0.4) is 0 Å². The van der Waals surface area contributed by atoms with Crippen LogP contribution >= 0.6 is 15.9 Å². The summed E-state index contributed by atoms with van der Waals surface area (Å²) in [6.07, 6.45) is -5.01. The number of nitrogens with one attached hydrogen (secondary N) is 1. The van der Waals surface area contributed by atoms with E-state index in [1.165, 1.54) is 0 Å². The molecule has 0 saturated carbocycles. The summed E-state index contributed by atoms with van der Waals surface area (Å²) in [4.78, 5) is 0. The number of hydrogen-bond donors (Lipinski definition) is 2. The highest BCUT2D eigenvalue weighted by atomic mass is 79.9. The highest BCUT2D eigenvalue weighted by Gasteiger charge is 2.25. The second kappa shape index (κ2) is 9.27. The van der Waals surface area contributed by atoms with Gasteiger partial charge in [-0.2, -0.15) is 13.2 Å². The van der Waals surface area contributed by atoms with Crippen molar-refractivity contribution in [1.29, 1.82) is 0 Å². The van der Waals surface area contributed by atoms with Gasteiger partial charge in [0.25, 0.3) is 0 Å². The third-order valence-electron chi connectivity index (χ3n) is 2.70. The molecule has 0 amide bonds. The lowest BCUT2D eigenvalue weighted by molar-refractivity contribution is -0.135. The van der Waals surface area contributed by atoms with Gasteiger partial charge >= 0.3 is 6.18 Å². The fraction of sp³-hybridized carbons (Fsp3) is 0.571. The average Bonchev–Trinajstić information content (AvgIpc) is 2.41. The maximum Gasteiger partial charge on any atom is 0.389 e. The van der Waals surface area contributed by atoms with Crippen molar-refractivity contribution in [3.8, 4) is 5.75 Å². The Kier molecular flexibility index (Phi) is 8.06. The minimum Gasteiger partial charge on any atom is -0.491 e. The molecule has 0 aliphatic heterocycles. The zero-order valence-corrected chi connectivity index (χ0v) is 13.1. The summed E-state index contributed by atoms with van der Waals surface area (Å²) in [6.45, 7) is 0.880. The minimum atomic E-state index is -4.09.